The third kappa shape index (κ3) is 11.4. The van der Waals surface area contributed by atoms with Crippen LogP contribution in [0.1, 0.15) is 79.1 Å². The van der Waals surface area contributed by atoms with Gasteiger partial charge in [0.05, 0.1) is 0 Å². The van der Waals surface area contributed by atoms with E-state index in [0.717, 1.165) is 13.2 Å². The molecule has 0 aliphatic carbocycles. The Bertz CT molecular complexity index is 169. The number of hydrogen-bond donors (Lipinski definition) is 0. The molecule has 0 atom stereocenters. The van der Waals surface area contributed by atoms with Crippen LogP contribution in [0.5, 0.6) is 0 Å². The van der Waals surface area contributed by atoms with Gasteiger partial charge in [0, 0.05) is 0 Å². The van der Waals surface area contributed by atoms with E-state index in [1.165, 1.54) is 60.2 Å². The van der Waals surface area contributed by atoms with Crippen LogP contribution in [-0.2, 0) is 6.15 Å². The zero-order chi connectivity index (χ0) is 14.4. The first-order valence-electron chi connectivity index (χ1n) is 8.52. The zero-order valence-corrected chi connectivity index (χ0v) is 17.2. The maximum absolute atomic E-state index is 6.41. The van der Waals surface area contributed by atoms with Crippen LogP contribution in [0.15, 0.2) is 0 Å². The molecule has 4 heteroatoms. The smallest absolute Gasteiger partial charge is 0.412 e. The van der Waals surface area contributed by atoms with Gasteiger partial charge in [-0.15, -0.1) is 0 Å². The topological polar surface area (TPSA) is 50.0 Å². The Morgan fingerprint density at radius 3 is 1.25 bits per heavy atom. The first-order valence-corrected chi connectivity index (χ1v) is 14.9. The Balaban J connectivity index is 0. The van der Waals surface area contributed by atoms with Crippen molar-refractivity contribution in [2.45, 2.75) is 87.9 Å². The van der Waals surface area contributed by atoms with Crippen molar-refractivity contribution in [3.63, 3.8) is 0 Å². The molecule has 0 heterocycles. The summed E-state index contributed by atoms with van der Waals surface area (Å²) >= 11 is -2.74. The summed E-state index contributed by atoms with van der Waals surface area (Å²) in [4.78, 5) is 0. The van der Waals surface area contributed by atoms with Gasteiger partial charge < -0.3 is 5.48 Å². The van der Waals surface area contributed by atoms with Gasteiger partial charge >= 0.3 is 127 Å². The summed E-state index contributed by atoms with van der Waals surface area (Å²) in [7, 11) is 0. The molecule has 124 valence electrons. The van der Waals surface area contributed by atoms with Gasteiger partial charge in [0.1, 0.15) is 0 Å². The zero-order valence-electron chi connectivity index (χ0n) is 14.3. The second kappa shape index (κ2) is 16.1. The maximum atomic E-state index is 6.41. The third-order valence-electron chi connectivity index (χ3n) is 3.55. The third-order valence-corrected chi connectivity index (χ3v) is 14.1. The summed E-state index contributed by atoms with van der Waals surface area (Å²) in [6, 6.07) is 0. The molecule has 0 aromatic carbocycles. The van der Waals surface area contributed by atoms with Crippen molar-refractivity contribution in [3.8, 4) is 0 Å². The molecule has 0 unspecified atom stereocenters. The normalized spacial score (nSPS) is 11.4. The molecule has 0 aromatic heterocycles. The molecule has 0 aliphatic heterocycles. The van der Waals surface area contributed by atoms with E-state index in [4.69, 9.17) is 6.15 Å². The molecule has 0 aromatic rings. The van der Waals surface area contributed by atoms with Crippen LogP contribution in [0, 0.1) is 0 Å². The van der Waals surface area contributed by atoms with E-state index >= 15 is 0 Å². The molecule has 3 nitrogen and oxygen atoms in total. The minimum absolute atomic E-state index is 0. The van der Waals surface area contributed by atoms with Gasteiger partial charge in [0.15, 0.2) is 0 Å². The summed E-state index contributed by atoms with van der Waals surface area (Å²) in [6.07, 6.45) is 9.92. The van der Waals surface area contributed by atoms with Crippen LogP contribution in [0.25, 0.3) is 0 Å². The van der Waals surface area contributed by atoms with E-state index in [2.05, 4.69) is 27.7 Å². The standard InChI is InChI=1S/2C4H9O.2C4H9.H2O.Sn/c2*1-2-3-4-5;2*1-3-4-2;;/h2*2-4H2,1H3;2*1,3-4H2,2H3;1H2;/q2*-1;;;;+2. The van der Waals surface area contributed by atoms with Gasteiger partial charge in [-0.2, -0.15) is 0 Å². The Labute approximate surface area is 132 Å². The molecule has 0 fully saturated rings. The van der Waals surface area contributed by atoms with Gasteiger partial charge in [0.2, 0.25) is 0 Å². The van der Waals surface area contributed by atoms with E-state index in [-0.39, 0.29) is 5.48 Å². The maximum Gasteiger partial charge on any atom is -0.412 e. The fraction of sp³-hybridized carbons (Fsp3) is 1.00. The minimum Gasteiger partial charge on any atom is -0.412 e. The average molecular weight is 397 g/mol. The molecule has 0 aliphatic rings. The van der Waals surface area contributed by atoms with Gasteiger partial charge in [0.25, 0.3) is 0 Å². The molecule has 0 rings (SSSR count). The number of hydrogen-bond acceptors (Lipinski definition) is 2. The van der Waals surface area contributed by atoms with E-state index in [1.807, 2.05) is 0 Å². The first-order chi connectivity index (χ1) is 9.24. The average Bonchev–Trinajstić information content (AvgIpc) is 2.43. The number of unbranched alkanes of at least 4 members (excludes halogenated alkanes) is 4. The van der Waals surface area contributed by atoms with E-state index in [0.29, 0.717) is 0 Å². The monoisotopic (exact) mass is 398 g/mol. The van der Waals surface area contributed by atoms with Gasteiger partial charge in [-0.05, 0) is 0 Å². The van der Waals surface area contributed by atoms with Gasteiger partial charge in [-0.25, -0.2) is 0 Å². The summed E-state index contributed by atoms with van der Waals surface area (Å²) in [5.74, 6) is 0. The largest absolute Gasteiger partial charge is 0.412 e. The van der Waals surface area contributed by atoms with Gasteiger partial charge in [-0.3, -0.25) is 0 Å². The van der Waals surface area contributed by atoms with Gasteiger partial charge in [-0.1, -0.05) is 0 Å². The minimum atomic E-state index is -2.74. The second-order valence-corrected chi connectivity index (χ2v) is 15.2. The van der Waals surface area contributed by atoms with Crippen LogP contribution in [0.3, 0.4) is 0 Å². The molecule has 0 radical (unpaired) electrons. The van der Waals surface area contributed by atoms with Crippen molar-refractivity contribution in [2.24, 2.45) is 0 Å². The van der Waals surface area contributed by atoms with Crippen LogP contribution >= 0.6 is 0 Å². The molecule has 20 heavy (non-hydrogen) atoms. The molecule has 0 bridgehead atoms. The Kier molecular flexibility index (Phi) is 18.4. The summed E-state index contributed by atoms with van der Waals surface area (Å²) in [6.45, 7) is 10.9. The molecular weight excluding hydrogens is 359 g/mol. The summed E-state index contributed by atoms with van der Waals surface area (Å²) in [5.41, 5.74) is 0. The molecular formula is C16H38O3Sn. The van der Waals surface area contributed by atoms with Crippen LogP contribution in [-0.4, -0.2) is 37.9 Å². The quantitative estimate of drug-likeness (QED) is 0.311. The van der Waals surface area contributed by atoms with Crippen LogP contribution < -0.4 is 0 Å². The van der Waals surface area contributed by atoms with E-state index < -0.39 is 19.2 Å². The van der Waals surface area contributed by atoms with Crippen molar-refractivity contribution in [2.75, 3.05) is 13.2 Å². The van der Waals surface area contributed by atoms with E-state index in [1.54, 1.807) is 0 Å². The fourth-order valence-electron chi connectivity index (χ4n) is 2.15. The Morgan fingerprint density at radius 1 is 0.600 bits per heavy atom. The molecule has 0 amide bonds. The van der Waals surface area contributed by atoms with Crippen LogP contribution in [0.2, 0.25) is 8.87 Å². The first kappa shape index (κ1) is 23.0. The fourth-order valence-corrected chi connectivity index (χ4v) is 12.8. The summed E-state index contributed by atoms with van der Waals surface area (Å²) in [5, 5.41) is 0. The van der Waals surface area contributed by atoms with Crippen molar-refractivity contribution in [3.05, 3.63) is 0 Å². The van der Waals surface area contributed by atoms with Crippen molar-refractivity contribution in [1.29, 1.82) is 0 Å². The predicted molar refractivity (Wildman–Crippen MR) is 90.5 cm³/mol. The molecule has 0 spiro atoms. The molecule has 2 N–H and O–H groups in total. The van der Waals surface area contributed by atoms with Crippen molar-refractivity contribution in [1.82, 2.24) is 0 Å². The Hall–Kier alpha value is 0.679. The van der Waals surface area contributed by atoms with Crippen LogP contribution in [0.4, 0.5) is 0 Å². The SMILES string of the molecule is CCCC[O][Sn]([CH2]CCC)([CH2]CCC)[O]CCCC.O. The summed E-state index contributed by atoms with van der Waals surface area (Å²) < 4.78 is 15.3. The molecule has 0 saturated carbocycles. The van der Waals surface area contributed by atoms with Crippen molar-refractivity contribution >= 4 is 19.2 Å². The second-order valence-electron chi connectivity index (χ2n) is 5.52. The number of rotatable bonds is 14. The molecule has 0 saturated heterocycles. The van der Waals surface area contributed by atoms with Crippen molar-refractivity contribution < 1.29 is 11.6 Å². The van der Waals surface area contributed by atoms with E-state index in [9.17, 15) is 0 Å². The Morgan fingerprint density at radius 2 is 0.950 bits per heavy atom. The predicted octanol–water partition coefficient (Wildman–Crippen LogP) is 4.84.